The minimum absolute atomic E-state index is 0.00492. The molecule has 3 heterocycles. The van der Waals surface area contributed by atoms with Crippen molar-refractivity contribution in [3.8, 4) is 11.9 Å². The minimum atomic E-state index is -3.08. The third kappa shape index (κ3) is 4.52. The minimum Gasteiger partial charge on any atom is -0.481 e. The number of pyridine rings is 1. The molecule has 0 atom stereocenters. The first-order valence-corrected chi connectivity index (χ1v) is 13.0. The molecule has 8 nitrogen and oxygen atoms in total. The molecule has 0 spiro atoms. The third-order valence-corrected chi connectivity index (χ3v) is 7.81. The molecular weight excluding hydrogens is 526 g/mol. The van der Waals surface area contributed by atoms with Crippen LogP contribution in [0.3, 0.4) is 0 Å². The van der Waals surface area contributed by atoms with E-state index in [1.165, 1.54) is 13.2 Å². The van der Waals surface area contributed by atoms with Gasteiger partial charge < -0.3 is 19.0 Å². The first-order chi connectivity index (χ1) is 19.4. The zero-order valence-electron chi connectivity index (χ0n) is 23.7. The van der Waals surface area contributed by atoms with Crippen LogP contribution in [0, 0.1) is 25.2 Å². The molecule has 1 N–H and O–H groups in total. The van der Waals surface area contributed by atoms with Crippen LogP contribution >= 0.6 is 0 Å². The summed E-state index contributed by atoms with van der Waals surface area (Å²) in [7, 11) is 5.07. The molecule has 0 saturated heterocycles. The molecule has 5 aromatic rings. The normalized spacial score (nSPS) is 12.1. The maximum Gasteiger partial charge on any atom is 0.270 e. The Labute approximate surface area is 236 Å². The van der Waals surface area contributed by atoms with Gasteiger partial charge in [0.2, 0.25) is 5.88 Å². The average Bonchev–Trinajstić information content (AvgIpc) is 3.47. The highest BCUT2D eigenvalue weighted by Crippen LogP contribution is 2.40. The largest absolute Gasteiger partial charge is 0.481 e. The van der Waals surface area contributed by atoms with E-state index in [1.807, 2.05) is 27.9 Å². The molecule has 41 heavy (non-hydrogen) atoms. The van der Waals surface area contributed by atoms with Crippen molar-refractivity contribution in [3.05, 3.63) is 106 Å². The molecule has 0 aliphatic heterocycles. The van der Waals surface area contributed by atoms with Crippen LogP contribution in [0.5, 0.6) is 5.88 Å². The van der Waals surface area contributed by atoms with E-state index in [9.17, 15) is 19.1 Å². The van der Waals surface area contributed by atoms with Gasteiger partial charge in [0, 0.05) is 44.0 Å². The Balaban J connectivity index is 1.78. The highest BCUT2D eigenvalue weighted by Gasteiger charge is 2.40. The van der Waals surface area contributed by atoms with Gasteiger partial charge in [0.15, 0.2) is 5.60 Å². The van der Waals surface area contributed by atoms with Crippen LogP contribution < -0.4 is 4.74 Å². The summed E-state index contributed by atoms with van der Waals surface area (Å²) in [4.78, 5) is 13.4. The predicted molar refractivity (Wildman–Crippen MR) is 150 cm³/mol. The van der Waals surface area contributed by atoms with Crippen LogP contribution in [-0.2, 0) is 32.0 Å². The molecule has 0 fully saturated rings. The van der Waals surface area contributed by atoms with Crippen molar-refractivity contribution in [1.29, 1.82) is 5.26 Å². The number of halogens is 2. The number of imidazole rings is 2. The van der Waals surface area contributed by atoms with Crippen molar-refractivity contribution < 1.29 is 18.6 Å². The first kappa shape index (κ1) is 27.9. The van der Waals surface area contributed by atoms with Crippen LogP contribution in [0.15, 0.2) is 54.9 Å². The lowest BCUT2D eigenvalue weighted by Crippen LogP contribution is -2.33. The Morgan fingerprint density at radius 3 is 2.12 bits per heavy atom. The van der Waals surface area contributed by atoms with Gasteiger partial charge in [0.1, 0.15) is 17.7 Å². The van der Waals surface area contributed by atoms with Gasteiger partial charge in [-0.25, -0.2) is 23.7 Å². The number of hydrogen-bond donors (Lipinski definition) is 1. The summed E-state index contributed by atoms with van der Waals surface area (Å²) in [6.45, 7) is 4.53. The monoisotopic (exact) mass is 556 g/mol. The van der Waals surface area contributed by atoms with Gasteiger partial charge in [-0.15, -0.1) is 0 Å². The molecule has 0 aliphatic rings. The maximum atomic E-state index is 14.5. The molecule has 5 rings (SSSR count). The topological polar surface area (TPSA) is 102 Å². The fourth-order valence-electron chi connectivity index (χ4n) is 5.36. The second-order valence-corrected chi connectivity index (χ2v) is 10.3. The van der Waals surface area contributed by atoms with Crippen molar-refractivity contribution in [2.24, 2.45) is 14.1 Å². The quantitative estimate of drug-likeness (QED) is 0.296. The van der Waals surface area contributed by atoms with E-state index in [1.54, 1.807) is 57.9 Å². The summed E-state index contributed by atoms with van der Waals surface area (Å²) in [6, 6.07) is 13.7. The zero-order valence-corrected chi connectivity index (χ0v) is 23.7. The van der Waals surface area contributed by atoms with Gasteiger partial charge in [0.25, 0.3) is 5.92 Å². The first-order valence-electron chi connectivity index (χ1n) is 13.0. The molecule has 0 unspecified atom stereocenters. The molecular formula is C31H30F2N6O2. The Hall–Kier alpha value is -4.62. The molecule has 10 heteroatoms. The zero-order chi connectivity index (χ0) is 29.7. The number of ether oxygens (including phenoxy) is 1. The summed E-state index contributed by atoms with van der Waals surface area (Å²) in [5, 5.41) is 23.4. The molecule has 2 aromatic carbocycles. The Morgan fingerprint density at radius 2 is 1.61 bits per heavy atom. The van der Waals surface area contributed by atoms with Gasteiger partial charge in [0.05, 0.1) is 42.0 Å². The van der Waals surface area contributed by atoms with Crippen molar-refractivity contribution in [3.63, 3.8) is 0 Å². The van der Waals surface area contributed by atoms with E-state index in [2.05, 4.69) is 21.0 Å². The predicted octanol–water partition coefficient (Wildman–Crippen LogP) is 5.19. The van der Waals surface area contributed by atoms with Crippen LogP contribution in [-0.4, -0.2) is 36.3 Å². The molecule has 0 bridgehead atoms. The summed E-state index contributed by atoms with van der Waals surface area (Å²) < 4.78 is 38.1. The summed E-state index contributed by atoms with van der Waals surface area (Å²) >= 11 is 0. The number of nitrogens with zero attached hydrogens (tertiary/aromatic N) is 6. The highest BCUT2D eigenvalue weighted by molar-refractivity contribution is 5.88. The van der Waals surface area contributed by atoms with E-state index in [4.69, 9.17) is 4.74 Å². The number of hydrogen-bond acceptors (Lipinski definition) is 6. The molecule has 0 radical (unpaired) electrons. The number of methoxy groups -OCH3 is 1. The maximum absolute atomic E-state index is 14.5. The van der Waals surface area contributed by atoms with Gasteiger partial charge in [-0.2, -0.15) is 5.26 Å². The highest BCUT2D eigenvalue weighted by atomic mass is 19.3. The Morgan fingerprint density at radius 1 is 1.00 bits per heavy atom. The van der Waals surface area contributed by atoms with E-state index < -0.39 is 11.5 Å². The number of nitriles is 1. The van der Waals surface area contributed by atoms with Crippen molar-refractivity contribution in [2.45, 2.75) is 38.7 Å². The Bertz CT molecular complexity index is 1780. The Kier molecular flexibility index (Phi) is 6.87. The van der Waals surface area contributed by atoms with Gasteiger partial charge in [-0.3, -0.25) is 0 Å². The van der Waals surface area contributed by atoms with Crippen molar-refractivity contribution in [1.82, 2.24) is 24.1 Å². The second kappa shape index (κ2) is 10.1. The van der Waals surface area contributed by atoms with Gasteiger partial charge in [-0.1, -0.05) is 30.3 Å². The average molecular weight is 557 g/mol. The molecule has 0 saturated carbocycles. The molecule has 0 aliphatic carbocycles. The van der Waals surface area contributed by atoms with E-state index >= 15 is 0 Å². The summed E-state index contributed by atoms with van der Waals surface area (Å²) in [5.41, 5.74) is 1.10. The fourth-order valence-corrected chi connectivity index (χ4v) is 5.36. The molecule has 210 valence electrons. The number of aryl methyl sites for hydroxylation is 2. The summed E-state index contributed by atoms with van der Waals surface area (Å²) in [5.74, 6) is -1.49. The fraction of sp³-hybridized carbons (Fsp3) is 0.290. The lowest BCUT2D eigenvalue weighted by molar-refractivity contribution is 0.0166. The van der Waals surface area contributed by atoms with Crippen molar-refractivity contribution in [2.75, 3.05) is 7.11 Å². The van der Waals surface area contributed by atoms with Gasteiger partial charge >= 0.3 is 0 Å². The number of benzene rings is 2. The van der Waals surface area contributed by atoms with Crippen LogP contribution in [0.2, 0.25) is 0 Å². The van der Waals surface area contributed by atoms with Crippen LogP contribution in [0.25, 0.3) is 10.9 Å². The smallest absolute Gasteiger partial charge is 0.270 e. The third-order valence-electron chi connectivity index (χ3n) is 7.81. The number of rotatable bonds is 7. The van der Waals surface area contributed by atoms with Crippen LogP contribution in [0.4, 0.5) is 8.78 Å². The summed E-state index contributed by atoms with van der Waals surface area (Å²) in [6.07, 6.45) is 3.24. The number of aliphatic hydroxyl groups is 1. The van der Waals surface area contributed by atoms with Gasteiger partial charge in [-0.05, 0) is 37.1 Å². The number of aromatic nitrogens is 5. The van der Waals surface area contributed by atoms with Crippen LogP contribution in [0.1, 0.15) is 57.8 Å². The van der Waals surface area contributed by atoms with E-state index in [0.717, 1.165) is 6.92 Å². The lowest BCUT2D eigenvalue weighted by Gasteiger charge is -2.30. The SMILES string of the molecule is COc1nc2ccc(C(O)(c3cnc(C)n3C)c3cnc(C)n3C)cc2c(C#N)c1Cc1ccccc1C(C)(F)F. The van der Waals surface area contributed by atoms with Crippen molar-refractivity contribution >= 4 is 10.9 Å². The van der Waals surface area contributed by atoms with E-state index in [0.29, 0.717) is 50.6 Å². The number of alkyl halides is 2. The number of fused-ring (bicyclic) bond motifs is 1. The standard InChI is InChI=1S/C31H30F2N6O2/c1-18-35-16-27(38(18)4)31(40,28-17-36-19(2)39(28)5)21-11-12-26-22(14-21)24(15-34)23(29(37-26)41-6)13-20-9-7-8-10-25(20)30(3,32)33/h7-12,14,16-17,40H,13H2,1-6H3. The molecule has 3 aromatic heterocycles. The lowest BCUT2D eigenvalue weighted by atomic mass is 9.85. The second-order valence-electron chi connectivity index (χ2n) is 10.3. The molecule has 0 amide bonds. The van der Waals surface area contributed by atoms with E-state index in [-0.39, 0.29) is 23.4 Å².